The van der Waals surface area contributed by atoms with E-state index in [1.807, 2.05) is 30.3 Å². The Balaban J connectivity index is 1.96. The molecule has 2 heterocycles. The van der Waals surface area contributed by atoms with Gasteiger partial charge in [-0.3, -0.25) is 4.98 Å². The molecule has 6 heteroatoms. The van der Waals surface area contributed by atoms with E-state index in [2.05, 4.69) is 15.1 Å². The fourth-order valence-corrected chi connectivity index (χ4v) is 1.83. The second kappa shape index (κ2) is 5.08. The van der Waals surface area contributed by atoms with Crippen molar-refractivity contribution < 1.29 is 14.1 Å². The lowest BCUT2D eigenvalue weighted by atomic mass is 10.1. The molecule has 0 amide bonds. The van der Waals surface area contributed by atoms with Crippen LogP contribution in [-0.4, -0.2) is 27.7 Å². The number of hydrogen-bond donors (Lipinski definition) is 0. The number of aromatic nitrogens is 3. The van der Waals surface area contributed by atoms with Crippen molar-refractivity contribution in [1.82, 2.24) is 15.1 Å². The highest BCUT2D eigenvalue weighted by Gasteiger charge is 2.16. The summed E-state index contributed by atoms with van der Waals surface area (Å²) in [4.78, 5) is 19.8. The zero-order valence-electron chi connectivity index (χ0n) is 10.7. The zero-order valence-corrected chi connectivity index (χ0v) is 10.7. The third-order valence-corrected chi connectivity index (χ3v) is 2.73. The van der Waals surface area contributed by atoms with Gasteiger partial charge >= 0.3 is 5.97 Å². The summed E-state index contributed by atoms with van der Waals surface area (Å²) in [5.74, 6) is -0.392. The van der Waals surface area contributed by atoms with Crippen LogP contribution < -0.4 is 0 Å². The quantitative estimate of drug-likeness (QED) is 0.679. The lowest BCUT2D eigenvalue weighted by Crippen LogP contribution is -2.06. The van der Waals surface area contributed by atoms with Gasteiger partial charge in [0.15, 0.2) is 0 Å². The molecule has 0 N–H and O–H groups in total. The minimum absolute atomic E-state index is 0.0758. The Kier molecular flexibility index (Phi) is 3.12. The van der Waals surface area contributed by atoms with Gasteiger partial charge in [0.2, 0.25) is 0 Å². The summed E-state index contributed by atoms with van der Waals surface area (Å²) < 4.78 is 9.90. The summed E-state index contributed by atoms with van der Waals surface area (Å²) >= 11 is 0. The highest BCUT2D eigenvalue weighted by molar-refractivity contribution is 5.86. The zero-order chi connectivity index (χ0) is 13.9. The average molecular weight is 269 g/mol. The second-order valence-corrected chi connectivity index (χ2v) is 4.05. The monoisotopic (exact) mass is 269 g/mol. The standard InChI is InChI=1S/C14H11N3O3/c1-2-19-14(18)12-16-13(20-17-12)10-5-6-11-9(8-10)4-3-7-15-11/h3-8H,2H2,1H3. The SMILES string of the molecule is CCOC(=O)c1noc(-c2ccc3ncccc3c2)n1. The number of fused-ring (bicyclic) bond motifs is 1. The van der Waals surface area contributed by atoms with E-state index >= 15 is 0 Å². The van der Waals surface area contributed by atoms with Crippen LogP contribution in [0, 0.1) is 0 Å². The van der Waals surface area contributed by atoms with Crippen molar-refractivity contribution in [2.75, 3.05) is 6.61 Å². The molecular formula is C14H11N3O3. The van der Waals surface area contributed by atoms with E-state index in [4.69, 9.17) is 9.26 Å². The summed E-state index contributed by atoms with van der Waals surface area (Å²) in [6, 6.07) is 9.35. The highest BCUT2D eigenvalue weighted by atomic mass is 16.5. The Hall–Kier alpha value is -2.76. The molecule has 0 radical (unpaired) electrons. The van der Waals surface area contributed by atoms with Gasteiger partial charge in [-0.25, -0.2) is 4.79 Å². The molecule has 1 aromatic carbocycles. The van der Waals surface area contributed by atoms with Gasteiger partial charge in [-0.2, -0.15) is 4.98 Å². The number of nitrogens with zero attached hydrogens (tertiary/aromatic N) is 3. The van der Waals surface area contributed by atoms with Crippen LogP contribution in [0.15, 0.2) is 41.1 Å². The highest BCUT2D eigenvalue weighted by Crippen LogP contribution is 2.22. The maximum Gasteiger partial charge on any atom is 0.379 e. The van der Waals surface area contributed by atoms with Gasteiger partial charge in [0.1, 0.15) is 0 Å². The van der Waals surface area contributed by atoms with Crippen LogP contribution in [0.5, 0.6) is 0 Å². The van der Waals surface area contributed by atoms with Gasteiger partial charge < -0.3 is 9.26 Å². The second-order valence-electron chi connectivity index (χ2n) is 4.05. The Bertz CT molecular complexity index is 767. The van der Waals surface area contributed by atoms with E-state index in [0.717, 1.165) is 16.5 Å². The van der Waals surface area contributed by atoms with Crippen molar-refractivity contribution in [3.8, 4) is 11.5 Å². The molecule has 0 aliphatic heterocycles. The first-order valence-electron chi connectivity index (χ1n) is 6.14. The van der Waals surface area contributed by atoms with E-state index in [0.29, 0.717) is 0 Å². The van der Waals surface area contributed by atoms with Crippen molar-refractivity contribution >= 4 is 16.9 Å². The van der Waals surface area contributed by atoms with Gasteiger partial charge in [0.25, 0.3) is 11.7 Å². The first-order valence-corrected chi connectivity index (χ1v) is 6.14. The van der Waals surface area contributed by atoms with E-state index < -0.39 is 5.97 Å². The summed E-state index contributed by atoms with van der Waals surface area (Å²) in [6.45, 7) is 1.99. The Morgan fingerprint density at radius 1 is 1.35 bits per heavy atom. The van der Waals surface area contributed by atoms with E-state index in [9.17, 15) is 4.79 Å². The first-order chi connectivity index (χ1) is 9.78. The third-order valence-electron chi connectivity index (χ3n) is 2.73. The van der Waals surface area contributed by atoms with Crippen LogP contribution in [0.2, 0.25) is 0 Å². The topological polar surface area (TPSA) is 78.1 Å². The summed E-state index contributed by atoms with van der Waals surface area (Å²) in [5, 5.41) is 4.57. The molecule has 0 atom stereocenters. The van der Waals surface area contributed by atoms with Crippen molar-refractivity contribution in [3.05, 3.63) is 42.4 Å². The molecule has 6 nitrogen and oxygen atoms in total. The molecule has 20 heavy (non-hydrogen) atoms. The number of carbonyl (C=O) groups excluding carboxylic acids is 1. The van der Waals surface area contributed by atoms with Gasteiger partial charge in [-0.05, 0) is 36.3 Å². The fraction of sp³-hybridized carbons (Fsp3) is 0.143. The van der Waals surface area contributed by atoms with Crippen molar-refractivity contribution in [3.63, 3.8) is 0 Å². The van der Waals surface area contributed by atoms with Crippen molar-refractivity contribution in [2.24, 2.45) is 0 Å². The number of rotatable bonds is 3. The predicted molar refractivity (Wildman–Crippen MR) is 71.0 cm³/mol. The molecule has 3 aromatic rings. The predicted octanol–water partition coefficient (Wildman–Crippen LogP) is 2.46. The molecule has 0 unspecified atom stereocenters. The normalized spacial score (nSPS) is 10.7. The van der Waals surface area contributed by atoms with E-state index in [1.54, 1.807) is 13.1 Å². The summed E-state index contributed by atoms with van der Waals surface area (Å²) in [6.07, 6.45) is 1.73. The maximum absolute atomic E-state index is 11.5. The molecule has 100 valence electrons. The van der Waals surface area contributed by atoms with Crippen molar-refractivity contribution in [1.29, 1.82) is 0 Å². The van der Waals surface area contributed by atoms with Gasteiger partial charge in [-0.15, -0.1) is 0 Å². The van der Waals surface area contributed by atoms with Crippen LogP contribution in [-0.2, 0) is 4.74 Å². The number of hydrogen-bond acceptors (Lipinski definition) is 6. The number of ether oxygens (including phenoxy) is 1. The van der Waals surface area contributed by atoms with E-state index in [-0.39, 0.29) is 18.3 Å². The van der Waals surface area contributed by atoms with Crippen LogP contribution >= 0.6 is 0 Å². The molecule has 3 rings (SSSR count). The summed E-state index contributed by atoms with van der Waals surface area (Å²) in [5.41, 5.74) is 1.61. The molecule has 0 aliphatic rings. The molecule has 0 spiro atoms. The molecule has 0 bridgehead atoms. The Labute approximate surface area is 114 Å². The lowest BCUT2D eigenvalue weighted by Gasteiger charge is -1.98. The van der Waals surface area contributed by atoms with E-state index in [1.165, 1.54) is 0 Å². The van der Waals surface area contributed by atoms with Crippen LogP contribution in [0.1, 0.15) is 17.5 Å². The number of esters is 1. The van der Waals surface area contributed by atoms with Crippen LogP contribution in [0.25, 0.3) is 22.4 Å². The average Bonchev–Trinajstić information content (AvgIpc) is 2.97. The lowest BCUT2D eigenvalue weighted by molar-refractivity contribution is 0.0508. The smallest absolute Gasteiger partial charge is 0.379 e. The Morgan fingerprint density at radius 3 is 3.10 bits per heavy atom. The van der Waals surface area contributed by atoms with Gasteiger partial charge in [0.05, 0.1) is 12.1 Å². The molecule has 0 aliphatic carbocycles. The van der Waals surface area contributed by atoms with Gasteiger partial charge in [-0.1, -0.05) is 6.07 Å². The maximum atomic E-state index is 11.5. The number of benzene rings is 1. The Morgan fingerprint density at radius 2 is 2.25 bits per heavy atom. The number of carbonyl (C=O) groups is 1. The fourth-order valence-electron chi connectivity index (χ4n) is 1.83. The molecular weight excluding hydrogens is 258 g/mol. The van der Waals surface area contributed by atoms with Gasteiger partial charge in [0, 0.05) is 17.1 Å². The molecule has 0 saturated carbocycles. The minimum Gasteiger partial charge on any atom is -0.460 e. The molecule has 0 saturated heterocycles. The minimum atomic E-state index is -0.593. The summed E-state index contributed by atoms with van der Waals surface area (Å²) in [7, 11) is 0. The number of pyridine rings is 1. The van der Waals surface area contributed by atoms with Crippen LogP contribution in [0.4, 0.5) is 0 Å². The largest absolute Gasteiger partial charge is 0.460 e. The molecule has 0 fully saturated rings. The first kappa shape index (κ1) is 12.3. The van der Waals surface area contributed by atoms with Crippen LogP contribution in [0.3, 0.4) is 0 Å². The van der Waals surface area contributed by atoms with Crippen molar-refractivity contribution in [2.45, 2.75) is 6.92 Å². The third kappa shape index (κ3) is 2.23. The molecule has 2 aromatic heterocycles.